The van der Waals surface area contributed by atoms with E-state index in [9.17, 15) is 0 Å². The number of rotatable bonds is 4. The molecule has 0 unspecified atom stereocenters. The van der Waals surface area contributed by atoms with Gasteiger partial charge < -0.3 is 10.5 Å². The number of aromatic nitrogens is 1. The average molecular weight is 241 g/mol. The molecule has 1 aliphatic heterocycles. The molecule has 1 aromatic heterocycles. The second kappa shape index (κ2) is 5.72. The second-order valence-electron chi connectivity index (χ2n) is 4.20. The lowest BCUT2D eigenvalue weighted by atomic mass is 10.1. The Labute approximate surface area is 100 Å². The van der Waals surface area contributed by atoms with Gasteiger partial charge in [-0.3, -0.25) is 4.90 Å². The molecule has 4 nitrogen and oxygen atoms in total. The molecule has 0 radical (unpaired) electrons. The van der Waals surface area contributed by atoms with Crippen LogP contribution in [-0.4, -0.2) is 36.2 Å². The zero-order chi connectivity index (χ0) is 11.4. The SMILES string of the molecule is CN(Cc1csc(CN)n1)C1CCOCC1. The van der Waals surface area contributed by atoms with Gasteiger partial charge in [0.15, 0.2) is 0 Å². The van der Waals surface area contributed by atoms with Gasteiger partial charge in [-0.25, -0.2) is 4.98 Å². The Morgan fingerprint density at radius 3 is 2.94 bits per heavy atom. The minimum atomic E-state index is 0.547. The van der Waals surface area contributed by atoms with E-state index < -0.39 is 0 Å². The van der Waals surface area contributed by atoms with Crippen LogP contribution in [-0.2, 0) is 17.8 Å². The largest absolute Gasteiger partial charge is 0.381 e. The van der Waals surface area contributed by atoms with Gasteiger partial charge in [0.1, 0.15) is 5.01 Å². The van der Waals surface area contributed by atoms with Crippen LogP contribution in [0.1, 0.15) is 23.5 Å². The Morgan fingerprint density at radius 1 is 1.56 bits per heavy atom. The average Bonchev–Trinajstić information content (AvgIpc) is 2.78. The fourth-order valence-corrected chi connectivity index (χ4v) is 2.69. The van der Waals surface area contributed by atoms with Crippen LogP contribution in [0.25, 0.3) is 0 Å². The van der Waals surface area contributed by atoms with Crippen LogP contribution >= 0.6 is 11.3 Å². The molecule has 0 bridgehead atoms. The number of nitrogens with zero attached hydrogens (tertiary/aromatic N) is 2. The van der Waals surface area contributed by atoms with Crippen LogP contribution in [0.4, 0.5) is 0 Å². The molecule has 0 atom stereocenters. The molecule has 1 fully saturated rings. The monoisotopic (exact) mass is 241 g/mol. The highest BCUT2D eigenvalue weighted by Gasteiger charge is 2.18. The normalized spacial score (nSPS) is 18.2. The molecule has 1 saturated heterocycles. The van der Waals surface area contributed by atoms with Crippen molar-refractivity contribution < 1.29 is 4.74 Å². The summed E-state index contributed by atoms with van der Waals surface area (Å²) in [6, 6.07) is 0.636. The summed E-state index contributed by atoms with van der Waals surface area (Å²) in [7, 11) is 2.16. The van der Waals surface area contributed by atoms with Gasteiger partial charge in [0, 0.05) is 37.7 Å². The minimum absolute atomic E-state index is 0.547. The summed E-state index contributed by atoms with van der Waals surface area (Å²) in [5.41, 5.74) is 6.69. The van der Waals surface area contributed by atoms with E-state index in [1.165, 1.54) is 0 Å². The van der Waals surface area contributed by atoms with Gasteiger partial charge in [-0.05, 0) is 19.9 Å². The van der Waals surface area contributed by atoms with Gasteiger partial charge in [0.25, 0.3) is 0 Å². The highest BCUT2D eigenvalue weighted by Crippen LogP contribution is 2.16. The zero-order valence-electron chi connectivity index (χ0n) is 9.69. The first-order valence-corrected chi connectivity index (χ1v) is 6.59. The van der Waals surface area contributed by atoms with Crippen LogP contribution < -0.4 is 5.73 Å². The van der Waals surface area contributed by atoms with Crippen molar-refractivity contribution >= 4 is 11.3 Å². The van der Waals surface area contributed by atoms with Crippen molar-refractivity contribution in [1.82, 2.24) is 9.88 Å². The molecule has 0 amide bonds. The molecule has 90 valence electrons. The van der Waals surface area contributed by atoms with Crippen molar-refractivity contribution in [2.75, 3.05) is 20.3 Å². The summed E-state index contributed by atoms with van der Waals surface area (Å²) in [5, 5.41) is 3.13. The van der Waals surface area contributed by atoms with Gasteiger partial charge in [-0.15, -0.1) is 11.3 Å². The standard InChI is InChI=1S/C11H19N3OS/c1-14(10-2-4-15-5-3-10)7-9-8-16-11(6-12)13-9/h8,10H,2-7,12H2,1H3. The van der Waals surface area contributed by atoms with Gasteiger partial charge in [-0.2, -0.15) is 0 Å². The number of nitrogens with two attached hydrogens (primary N) is 1. The second-order valence-corrected chi connectivity index (χ2v) is 5.14. The molecule has 2 rings (SSSR count). The van der Waals surface area contributed by atoms with Crippen LogP contribution in [0.3, 0.4) is 0 Å². The number of thiazole rings is 1. The van der Waals surface area contributed by atoms with E-state index in [2.05, 4.69) is 22.3 Å². The van der Waals surface area contributed by atoms with Crippen LogP contribution in [0.15, 0.2) is 5.38 Å². The Balaban J connectivity index is 1.87. The van der Waals surface area contributed by atoms with Crippen LogP contribution in [0.2, 0.25) is 0 Å². The molecule has 0 saturated carbocycles. The fourth-order valence-electron chi connectivity index (χ4n) is 2.03. The quantitative estimate of drug-likeness (QED) is 0.861. The lowest BCUT2D eigenvalue weighted by Gasteiger charge is -2.30. The Bertz CT molecular complexity index is 323. The maximum Gasteiger partial charge on any atom is 0.106 e. The molecule has 2 heterocycles. The third-order valence-electron chi connectivity index (χ3n) is 3.00. The van der Waals surface area contributed by atoms with E-state index in [4.69, 9.17) is 10.5 Å². The van der Waals surface area contributed by atoms with Crippen molar-refractivity contribution in [2.24, 2.45) is 5.73 Å². The van der Waals surface area contributed by atoms with Crippen molar-refractivity contribution in [1.29, 1.82) is 0 Å². The first-order chi connectivity index (χ1) is 7.79. The number of hydrogen-bond acceptors (Lipinski definition) is 5. The molecule has 5 heteroatoms. The van der Waals surface area contributed by atoms with Gasteiger partial charge >= 0.3 is 0 Å². The van der Waals surface area contributed by atoms with E-state index in [1.54, 1.807) is 11.3 Å². The van der Waals surface area contributed by atoms with E-state index in [0.717, 1.165) is 43.3 Å². The first kappa shape index (κ1) is 12.0. The Morgan fingerprint density at radius 2 is 2.31 bits per heavy atom. The van der Waals surface area contributed by atoms with Gasteiger partial charge in [0.05, 0.1) is 5.69 Å². The highest BCUT2D eigenvalue weighted by molar-refractivity contribution is 7.09. The Hall–Kier alpha value is -0.490. The summed E-state index contributed by atoms with van der Waals surface area (Å²) >= 11 is 1.65. The minimum Gasteiger partial charge on any atom is -0.381 e. The molecular weight excluding hydrogens is 222 g/mol. The third kappa shape index (κ3) is 3.01. The van der Waals surface area contributed by atoms with Crippen LogP contribution in [0, 0.1) is 0 Å². The maximum atomic E-state index is 5.55. The third-order valence-corrected chi connectivity index (χ3v) is 3.92. The molecule has 2 N–H and O–H groups in total. The van der Waals surface area contributed by atoms with Crippen molar-refractivity contribution in [3.8, 4) is 0 Å². The van der Waals surface area contributed by atoms with E-state index in [1.807, 2.05) is 0 Å². The van der Waals surface area contributed by atoms with Crippen molar-refractivity contribution in [3.63, 3.8) is 0 Å². The van der Waals surface area contributed by atoms with E-state index in [-0.39, 0.29) is 0 Å². The summed E-state index contributed by atoms with van der Waals surface area (Å²) in [4.78, 5) is 6.86. The van der Waals surface area contributed by atoms with Crippen molar-refractivity contribution in [2.45, 2.75) is 32.0 Å². The molecule has 1 aromatic rings. The first-order valence-electron chi connectivity index (χ1n) is 5.71. The number of ether oxygens (including phenoxy) is 1. The topological polar surface area (TPSA) is 51.4 Å². The van der Waals surface area contributed by atoms with E-state index >= 15 is 0 Å². The van der Waals surface area contributed by atoms with Crippen LogP contribution in [0.5, 0.6) is 0 Å². The molecule has 0 aromatic carbocycles. The lowest BCUT2D eigenvalue weighted by Crippen LogP contribution is -2.36. The zero-order valence-corrected chi connectivity index (χ0v) is 10.5. The summed E-state index contributed by atoms with van der Waals surface area (Å²) < 4.78 is 5.36. The fraction of sp³-hybridized carbons (Fsp3) is 0.727. The molecule has 16 heavy (non-hydrogen) atoms. The van der Waals surface area contributed by atoms with Gasteiger partial charge in [-0.1, -0.05) is 0 Å². The number of hydrogen-bond donors (Lipinski definition) is 1. The lowest BCUT2D eigenvalue weighted by molar-refractivity contribution is 0.0404. The summed E-state index contributed by atoms with van der Waals surface area (Å²) in [6.45, 7) is 3.24. The molecule has 0 aliphatic carbocycles. The van der Waals surface area contributed by atoms with Crippen molar-refractivity contribution in [3.05, 3.63) is 16.1 Å². The maximum absolute atomic E-state index is 5.55. The smallest absolute Gasteiger partial charge is 0.106 e. The molecule has 0 spiro atoms. The molecular formula is C11H19N3OS. The predicted molar refractivity (Wildman–Crippen MR) is 65.3 cm³/mol. The van der Waals surface area contributed by atoms with Gasteiger partial charge in [0.2, 0.25) is 0 Å². The summed E-state index contributed by atoms with van der Waals surface area (Å²) in [5.74, 6) is 0. The Kier molecular flexibility index (Phi) is 4.29. The highest BCUT2D eigenvalue weighted by atomic mass is 32.1. The van der Waals surface area contributed by atoms with E-state index in [0.29, 0.717) is 12.6 Å². The summed E-state index contributed by atoms with van der Waals surface area (Å²) in [6.07, 6.45) is 2.26. The predicted octanol–water partition coefficient (Wildman–Crippen LogP) is 1.21. The molecule has 1 aliphatic rings.